The number of benzene rings is 5. The first kappa shape index (κ1) is 13.4. The Morgan fingerprint density at radius 1 is 0.583 bits per heavy atom. The molecule has 114 valence electrons. The van der Waals surface area contributed by atoms with Crippen LogP contribution in [0.25, 0.3) is 32.3 Å². The standard InChI is InChI=1S/C23H17N/c1-15-5-11-19(12-6-15)24-21-14-10-18-8-7-16-3-2-4-17-9-13-20(21)23(18)22(16)17/h2-14,24H,1H3. The van der Waals surface area contributed by atoms with Crippen molar-refractivity contribution in [3.8, 4) is 0 Å². The molecular formula is C23H17N. The number of aryl methyl sites for hydroxylation is 1. The molecule has 0 aliphatic heterocycles. The fourth-order valence-corrected chi connectivity index (χ4v) is 3.64. The maximum atomic E-state index is 3.59. The second kappa shape index (κ2) is 4.97. The summed E-state index contributed by atoms with van der Waals surface area (Å²) < 4.78 is 0. The summed E-state index contributed by atoms with van der Waals surface area (Å²) in [6, 6.07) is 28.4. The highest BCUT2D eigenvalue weighted by Crippen LogP contribution is 2.38. The molecule has 0 fully saturated rings. The van der Waals surface area contributed by atoms with Crippen LogP contribution < -0.4 is 5.32 Å². The Hall–Kier alpha value is -3.06. The highest BCUT2D eigenvalue weighted by atomic mass is 14.9. The van der Waals surface area contributed by atoms with Crippen LogP contribution in [0.3, 0.4) is 0 Å². The van der Waals surface area contributed by atoms with E-state index in [1.165, 1.54) is 37.9 Å². The van der Waals surface area contributed by atoms with Gasteiger partial charge >= 0.3 is 0 Å². The third-order valence-corrected chi connectivity index (χ3v) is 4.86. The molecule has 0 saturated carbocycles. The number of nitrogens with one attached hydrogen (secondary N) is 1. The largest absolute Gasteiger partial charge is 0.355 e. The quantitative estimate of drug-likeness (QED) is 0.361. The zero-order valence-corrected chi connectivity index (χ0v) is 13.5. The van der Waals surface area contributed by atoms with Gasteiger partial charge in [0.05, 0.1) is 0 Å². The van der Waals surface area contributed by atoms with E-state index in [1.54, 1.807) is 0 Å². The van der Waals surface area contributed by atoms with Crippen molar-refractivity contribution in [2.45, 2.75) is 6.92 Å². The van der Waals surface area contributed by atoms with Gasteiger partial charge in [0.2, 0.25) is 0 Å². The van der Waals surface area contributed by atoms with Crippen molar-refractivity contribution in [1.82, 2.24) is 0 Å². The van der Waals surface area contributed by atoms with Gasteiger partial charge in [0.25, 0.3) is 0 Å². The predicted molar refractivity (Wildman–Crippen MR) is 105 cm³/mol. The summed E-state index contributed by atoms with van der Waals surface area (Å²) in [6.45, 7) is 2.11. The van der Waals surface area contributed by atoms with Crippen LogP contribution in [0.15, 0.2) is 78.9 Å². The van der Waals surface area contributed by atoms with E-state index in [0.717, 1.165) is 11.4 Å². The molecule has 0 saturated heterocycles. The fraction of sp³-hybridized carbons (Fsp3) is 0.0435. The molecule has 1 nitrogen and oxygen atoms in total. The first-order chi connectivity index (χ1) is 11.8. The summed E-state index contributed by atoms with van der Waals surface area (Å²) in [4.78, 5) is 0. The van der Waals surface area contributed by atoms with Gasteiger partial charge in [0.1, 0.15) is 0 Å². The van der Waals surface area contributed by atoms with E-state index in [9.17, 15) is 0 Å². The highest BCUT2D eigenvalue weighted by Gasteiger charge is 2.10. The number of hydrogen-bond acceptors (Lipinski definition) is 1. The van der Waals surface area contributed by atoms with Gasteiger partial charge in [-0.2, -0.15) is 0 Å². The molecule has 0 bridgehead atoms. The maximum absolute atomic E-state index is 3.59. The van der Waals surface area contributed by atoms with Gasteiger partial charge in [-0.05, 0) is 52.1 Å². The molecule has 0 heterocycles. The Labute approximate surface area is 140 Å². The number of rotatable bonds is 2. The first-order valence-corrected chi connectivity index (χ1v) is 8.30. The van der Waals surface area contributed by atoms with Crippen molar-refractivity contribution in [1.29, 1.82) is 0 Å². The average molecular weight is 307 g/mol. The number of hydrogen-bond donors (Lipinski definition) is 1. The van der Waals surface area contributed by atoms with Crippen molar-refractivity contribution in [3.63, 3.8) is 0 Å². The Morgan fingerprint density at radius 3 is 1.96 bits per heavy atom. The molecule has 5 aromatic carbocycles. The molecule has 0 radical (unpaired) electrons. The van der Waals surface area contributed by atoms with Gasteiger partial charge < -0.3 is 5.32 Å². The van der Waals surface area contributed by atoms with Crippen molar-refractivity contribution >= 4 is 43.7 Å². The lowest BCUT2D eigenvalue weighted by molar-refractivity contribution is 1.46. The van der Waals surface area contributed by atoms with Crippen LogP contribution in [0.4, 0.5) is 11.4 Å². The summed E-state index contributed by atoms with van der Waals surface area (Å²) in [5.74, 6) is 0. The lowest BCUT2D eigenvalue weighted by atomic mass is 9.93. The third kappa shape index (κ3) is 1.95. The van der Waals surface area contributed by atoms with Gasteiger partial charge in [-0.25, -0.2) is 0 Å². The Bertz CT molecular complexity index is 1150. The second-order valence-electron chi connectivity index (χ2n) is 6.46. The third-order valence-electron chi connectivity index (χ3n) is 4.86. The predicted octanol–water partition coefficient (Wildman–Crippen LogP) is 6.64. The van der Waals surface area contributed by atoms with Crippen LogP contribution >= 0.6 is 0 Å². The van der Waals surface area contributed by atoms with Crippen LogP contribution in [-0.2, 0) is 0 Å². The van der Waals surface area contributed by atoms with E-state index in [0.29, 0.717) is 0 Å². The second-order valence-corrected chi connectivity index (χ2v) is 6.46. The summed E-state index contributed by atoms with van der Waals surface area (Å²) in [7, 11) is 0. The minimum Gasteiger partial charge on any atom is -0.355 e. The van der Waals surface area contributed by atoms with Gasteiger partial charge in [-0.1, -0.05) is 66.2 Å². The Balaban J connectivity index is 1.79. The molecule has 0 aromatic heterocycles. The fourth-order valence-electron chi connectivity index (χ4n) is 3.64. The molecule has 0 atom stereocenters. The van der Waals surface area contributed by atoms with Crippen LogP contribution in [0, 0.1) is 6.92 Å². The smallest absolute Gasteiger partial charge is 0.0464 e. The summed E-state index contributed by atoms with van der Waals surface area (Å²) in [6.07, 6.45) is 0. The molecule has 0 amide bonds. The summed E-state index contributed by atoms with van der Waals surface area (Å²) >= 11 is 0. The van der Waals surface area contributed by atoms with E-state index in [2.05, 4.69) is 91.1 Å². The molecule has 5 rings (SSSR count). The van der Waals surface area contributed by atoms with Crippen LogP contribution in [-0.4, -0.2) is 0 Å². The summed E-state index contributed by atoms with van der Waals surface area (Å²) in [5.41, 5.74) is 3.55. The van der Waals surface area contributed by atoms with Gasteiger partial charge in [-0.15, -0.1) is 0 Å². The van der Waals surface area contributed by atoms with E-state index >= 15 is 0 Å². The van der Waals surface area contributed by atoms with E-state index in [1.807, 2.05) is 0 Å². The monoisotopic (exact) mass is 307 g/mol. The van der Waals surface area contributed by atoms with E-state index in [-0.39, 0.29) is 0 Å². The molecule has 5 aromatic rings. The van der Waals surface area contributed by atoms with Gasteiger partial charge in [0, 0.05) is 16.8 Å². The van der Waals surface area contributed by atoms with Crippen molar-refractivity contribution in [2.24, 2.45) is 0 Å². The molecule has 0 spiro atoms. The first-order valence-electron chi connectivity index (χ1n) is 8.30. The van der Waals surface area contributed by atoms with E-state index < -0.39 is 0 Å². The Kier molecular flexibility index (Phi) is 2.77. The lowest BCUT2D eigenvalue weighted by Crippen LogP contribution is -1.93. The minimum absolute atomic E-state index is 1.12. The van der Waals surface area contributed by atoms with Gasteiger partial charge in [-0.3, -0.25) is 0 Å². The number of anilines is 2. The van der Waals surface area contributed by atoms with Crippen LogP contribution in [0.5, 0.6) is 0 Å². The van der Waals surface area contributed by atoms with Crippen LogP contribution in [0.1, 0.15) is 5.56 Å². The maximum Gasteiger partial charge on any atom is 0.0464 e. The molecule has 1 N–H and O–H groups in total. The Morgan fingerprint density at radius 2 is 1.21 bits per heavy atom. The molecule has 24 heavy (non-hydrogen) atoms. The van der Waals surface area contributed by atoms with Crippen molar-refractivity contribution in [3.05, 3.63) is 84.4 Å². The zero-order valence-electron chi connectivity index (χ0n) is 13.5. The SMILES string of the molecule is Cc1ccc(Nc2ccc3ccc4cccc5ccc2c3c45)cc1. The molecule has 0 aliphatic rings. The molecule has 1 heteroatoms. The van der Waals surface area contributed by atoms with Crippen molar-refractivity contribution < 1.29 is 0 Å². The molecule has 0 unspecified atom stereocenters. The molecule has 0 aliphatic carbocycles. The molecular weight excluding hydrogens is 290 g/mol. The average Bonchev–Trinajstić information content (AvgIpc) is 2.63. The van der Waals surface area contributed by atoms with Crippen LogP contribution in [0.2, 0.25) is 0 Å². The lowest BCUT2D eigenvalue weighted by Gasteiger charge is -2.15. The zero-order chi connectivity index (χ0) is 16.1. The summed E-state index contributed by atoms with van der Waals surface area (Å²) in [5, 5.41) is 11.5. The topological polar surface area (TPSA) is 12.0 Å². The highest BCUT2D eigenvalue weighted by molar-refractivity contribution is 6.25. The van der Waals surface area contributed by atoms with Gasteiger partial charge in [0.15, 0.2) is 0 Å². The minimum atomic E-state index is 1.12. The van der Waals surface area contributed by atoms with E-state index in [4.69, 9.17) is 0 Å². The normalized spacial score (nSPS) is 11.5. The van der Waals surface area contributed by atoms with Crippen molar-refractivity contribution in [2.75, 3.05) is 5.32 Å².